The largest absolute Gasteiger partial charge is 0.455 e. The van der Waals surface area contributed by atoms with Gasteiger partial charge in [-0.05, 0) is 50.9 Å². The van der Waals surface area contributed by atoms with Gasteiger partial charge in [0, 0.05) is 39.0 Å². The van der Waals surface area contributed by atoms with E-state index in [0.29, 0.717) is 6.42 Å². The fraction of sp³-hybridized carbons (Fsp3) is 0.231. The van der Waals surface area contributed by atoms with Crippen molar-refractivity contribution < 1.29 is 27.5 Å². The number of fused-ring (bicyclic) bond motifs is 2. The number of esters is 1. The molecule has 0 spiro atoms. The predicted octanol–water partition coefficient (Wildman–Crippen LogP) is 5.53. The van der Waals surface area contributed by atoms with E-state index >= 15 is 0 Å². The van der Waals surface area contributed by atoms with Gasteiger partial charge in [-0.3, -0.25) is 14.4 Å². The molecule has 1 saturated heterocycles. The first-order valence-electron chi connectivity index (χ1n) is 16.6. The minimum atomic E-state index is -3.72. The Balaban J connectivity index is 0.922. The van der Waals surface area contributed by atoms with Crippen LogP contribution in [-0.2, 0) is 29.1 Å². The van der Waals surface area contributed by atoms with E-state index in [0.717, 1.165) is 38.4 Å². The van der Waals surface area contributed by atoms with Crippen LogP contribution in [-0.4, -0.2) is 78.9 Å². The Bertz CT molecular complexity index is 2210. The van der Waals surface area contributed by atoms with Crippen LogP contribution in [0.25, 0.3) is 21.5 Å². The lowest BCUT2D eigenvalue weighted by Gasteiger charge is -2.34. The molecule has 0 radical (unpaired) electrons. The van der Waals surface area contributed by atoms with E-state index in [1.807, 2.05) is 91.0 Å². The van der Waals surface area contributed by atoms with Gasteiger partial charge >= 0.3 is 5.97 Å². The molecule has 7 rings (SSSR count). The maximum atomic E-state index is 13.4. The van der Waals surface area contributed by atoms with Gasteiger partial charge in [0.15, 0.2) is 6.61 Å². The van der Waals surface area contributed by atoms with Gasteiger partial charge in [0.05, 0.1) is 23.1 Å². The molecule has 0 aliphatic carbocycles. The van der Waals surface area contributed by atoms with Gasteiger partial charge in [-0.25, -0.2) is 13.4 Å². The minimum absolute atomic E-state index is 0.106. The number of hydrogen-bond donors (Lipinski definition) is 0. The average molecular weight is 689 g/mol. The Morgan fingerprint density at radius 2 is 1.30 bits per heavy atom. The van der Waals surface area contributed by atoms with Crippen LogP contribution >= 0.6 is 0 Å². The Labute approximate surface area is 290 Å². The van der Waals surface area contributed by atoms with Gasteiger partial charge in [-0.1, -0.05) is 97.1 Å². The zero-order chi connectivity index (χ0) is 34.7. The summed E-state index contributed by atoms with van der Waals surface area (Å²) in [6, 6.07) is 36.0. The zero-order valence-corrected chi connectivity index (χ0v) is 28.2. The highest BCUT2D eigenvalue weighted by Crippen LogP contribution is 2.33. The molecule has 0 aromatic heterocycles. The number of benzene rings is 5. The first-order chi connectivity index (χ1) is 24.3. The van der Waals surface area contributed by atoms with Crippen LogP contribution in [0.2, 0.25) is 0 Å². The summed E-state index contributed by atoms with van der Waals surface area (Å²) in [6.45, 7) is 0.231. The predicted molar refractivity (Wildman–Crippen MR) is 191 cm³/mol. The van der Waals surface area contributed by atoms with Crippen LogP contribution in [0.4, 0.5) is 0 Å². The molecule has 11 heteroatoms. The number of amides is 2. The molecule has 0 saturated carbocycles. The first-order valence-corrected chi connectivity index (χ1v) is 18.1. The SMILES string of the molecule is O=C(CCC(=O)N1CCN(S(=O)(=O)c2ccc3ccccc3c2)CC1)OCC(=O)N1N=C(c2ccc3ccccc3c2)C[C@H]1c1ccccc1. The molecule has 2 heterocycles. The number of piperazine rings is 1. The zero-order valence-electron chi connectivity index (χ0n) is 27.4. The van der Waals surface area contributed by atoms with Gasteiger partial charge in [-0.2, -0.15) is 9.41 Å². The van der Waals surface area contributed by atoms with Crippen molar-refractivity contribution in [1.82, 2.24) is 14.2 Å². The van der Waals surface area contributed by atoms with Crippen molar-refractivity contribution in [2.24, 2.45) is 5.10 Å². The second kappa shape index (κ2) is 14.2. The van der Waals surface area contributed by atoms with Gasteiger partial charge < -0.3 is 9.64 Å². The van der Waals surface area contributed by atoms with E-state index in [4.69, 9.17) is 9.84 Å². The Kier molecular flexibility index (Phi) is 9.42. The summed E-state index contributed by atoms with van der Waals surface area (Å²) >= 11 is 0. The number of carbonyl (C=O) groups excluding carboxylic acids is 3. The van der Waals surface area contributed by atoms with Crippen LogP contribution in [0.3, 0.4) is 0 Å². The van der Waals surface area contributed by atoms with Gasteiger partial charge in [-0.15, -0.1) is 0 Å². The number of hydrazone groups is 1. The smallest absolute Gasteiger partial charge is 0.306 e. The highest BCUT2D eigenvalue weighted by molar-refractivity contribution is 7.89. The summed E-state index contributed by atoms with van der Waals surface area (Å²) in [5.41, 5.74) is 2.60. The molecule has 50 heavy (non-hydrogen) atoms. The Morgan fingerprint density at radius 1 is 0.680 bits per heavy atom. The fourth-order valence-electron chi connectivity index (χ4n) is 6.52. The van der Waals surface area contributed by atoms with Crippen molar-refractivity contribution in [3.05, 3.63) is 126 Å². The van der Waals surface area contributed by atoms with E-state index in [-0.39, 0.29) is 55.9 Å². The fourth-order valence-corrected chi connectivity index (χ4v) is 7.98. The summed E-state index contributed by atoms with van der Waals surface area (Å²) in [6.07, 6.45) is 0.202. The number of carbonyl (C=O) groups is 3. The number of ether oxygens (including phenoxy) is 1. The highest BCUT2D eigenvalue weighted by atomic mass is 32.2. The first kappa shape index (κ1) is 33.1. The van der Waals surface area contributed by atoms with Crippen molar-refractivity contribution in [1.29, 1.82) is 0 Å². The van der Waals surface area contributed by atoms with Crippen molar-refractivity contribution in [3.63, 3.8) is 0 Å². The third kappa shape index (κ3) is 7.01. The lowest BCUT2D eigenvalue weighted by molar-refractivity contribution is -0.153. The van der Waals surface area contributed by atoms with Crippen molar-refractivity contribution in [2.75, 3.05) is 32.8 Å². The van der Waals surface area contributed by atoms with E-state index in [1.165, 1.54) is 9.31 Å². The van der Waals surface area contributed by atoms with Gasteiger partial charge in [0.2, 0.25) is 15.9 Å². The number of rotatable bonds is 9. The topological polar surface area (TPSA) is 117 Å². The molecular formula is C39H36N4O6S. The molecule has 254 valence electrons. The van der Waals surface area contributed by atoms with Crippen LogP contribution < -0.4 is 0 Å². The highest BCUT2D eigenvalue weighted by Gasteiger charge is 2.34. The standard InChI is InChI=1S/C39H36N4O6S/c44-37(41-20-22-42(23-21-41)50(47,48)34-17-16-29-9-5-7-13-32(29)25-34)18-19-39(46)49-27-38(45)43-36(30-10-2-1-3-11-30)26-35(40-43)33-15-14-28-8-4-6-12-31(28)24-33/h1-17,24-25,36H,18-23,26-27H2/t36-/m0/s1. The van der Waals surface area contributed by atoms with E-state index in [1.54, 1.807) is 23.1 Å². The number of nitrogens with zero attached hydrogens (tertiary/aromatic N) is 4. The van der Waals surface area contributed by atoms with Crippen LogP contribution in [0.5, 0.6) is 0 Å². The summed E-state index contributed by atoms with van der Waals surface area (Å²) in [5.74, 6) is -1.40. The molecule has 5 aromatic carbocycles. The average Bonchev–Trinajstić information content (AvgIpc) is 3.62. The molecule has 1 atom stereocenters. The molecule has 10 nitrogen and oxygen atoms in total. The molecule has 0 unspecified atom stereocenters. The normalized spacial score (nSPS) is 16.8. The lowest BCUT2D eigenvalue weighted by atomic mass is 9.97. The van der Waals surface area contributed by atoms with Crippen LogP contribution in [0.1, 0.15) is 36.4 Å². The maximum Gasteiger partial charge on any atom is 0.306 e. The van der Waals surface area contributed by atoms with Crippen molar-refractivity contribution in [2.45, 2.75) is 30.2 Å². The third-order valence-corrected chi connectivity index (χ3v) is 11.2. The van der Waals surface area contributed by atoms with Crippen molar-refractivity contribution in [3.8, 4) is 0 Å². The lowest BCUT2D eigenvalue weighted by Crippen LogP contribution is -2.50. The van der Waals surface area contributed by atoms with Crippen LogP contribution in [0.15, 0.2) is 125 Å². The van der Waals surface area contributed by atoms with E-state index in [2.05, 4.69) is 6.07 Å². The van der Waals surface area contributed by atoms with Gasteiger partial charge in [0.25, 0.3) is 5.91 Å². The molecule has 0 bridgehead atoms. The molecular weight excluding hydrogens is 653 g/mol. The summed E-state index contributed by atoms with van der Waals surface area (Å²) in [7, 11) is -3.72. The molecule has 5 aromatic rings. The number of sulfonamides is 1. The second-order valence-corrected chi connectivity index (χ2v) is 14.4. The van der Waals surface area contributed by atoms with E-state index in [9.17, 15) is 22.8 Å². The molecule has 0 N–H and O–H groups in total. The summed E-state index contributed by atoms with van der Waals surface area (Å²) in [4.78, 5) is 40.8. The molecule has 2 aliphatic rings. The minimum Gasteiger partial charge on any atom is -0.455 e. The maximum absolute atomic E-state index is 13.4. The van der Waals surface area contributed by atoms with E-state index < -0.39 is 28.5 Å². The van der Waals surface area contributed by atoms with Crippen molar-refractivity contribution >= 4 is 55.1 Å². The molecule has 1 fully saturated rings. The molecule has 2 amide bonds. The third-order valence-electron chi connectivity index (χ3n) is 9.28. The second-order valence-electron chi connectivity index (χ2n) is 12.4. The summed E-state index contributed by atoms with van der Waals surface area (Å²) < 4.78 is 33.3. The Hall–Kier alpha value is -5.39. The van der Waals surface area contributed by atoms with Crippen LogP contribution in [0, 0.1) is 0 Å². The monoisotopic (exact) mass is 688 g/mol. The quantitative estimate of drug-likeness (QED) is 0.188. The number of hydrogen-bond acceptors (Lipinski definition) is 7. The molecule has 2 aliphatic heterocycles. The summed E-state index contributed by atoms with van der Waals surface area (Å²) in [5, 5.41) is 10.1. The van der Waals surface area contributed by atoms with Gasteiger partial charge in [0.1, 0.15) is 0 Å². The Morgan fingerprint density at radius 3 is 2.00 bits per heavy atom.